The van der Waals surface area contributed by atoms with Gasteiger partial charge in [0.1, 0.15) is 0 Å². The highest BCUT2D eigenvalue weighted by molar-refractivity contribution is 5.78. The van der Waals surface area contributed by atoms with Crippen LogP contribution in [-0.4, -0.2) is 25.8 Å². The second-order valence-corrected chi connectivity index (χ2v) is 4.88. The van der Waals surface area contributed by atoms with Crippen LogP contribution in [0.1, 0.15) is 53.9 Å². The van der Waals surface area contributed by atoms with E-state index in [9.17, 15) is 4.79 Å². The largest absolute Gasteiger partial charge is 0.298 e. The van der Waals surface area contributed by atoms with Crippen molar-refractivity contribution >= 4 is 6.29 Å². The van der Waals surface area contributed by atoms with Crippen LogP contribution < -0.4 is 0 Å². The summed E-state index contributed by atoms with van der Waals surface area (Å²) < 4.78 is 3.94. The summed E-state index contributed by atoms with van der Waals surface area (Å²) >= 11 is 0. The van der Waals surface area contributed by atoms with Gasteiger partial charge in [-0.2, -0.15) is 10.2 Å². The Bertz CT molecular complexity index is 610. The number of nitrogens with zero attached hydrogens (tertiary/aromatic N) is 4. The summed E-state index contributed by atoms with van der Waals surface area (Å²) in [5.41, 5.74) is 4.80. The van der Waals surface area contributed by atoms with Crippen LogP contribution in [0.3, 0.4) is 0 Å². The molecule has 0 amide bonds. The zero-order valence-electron chi connectivity index (χ0n) is 12.7. The van der Waals surface area contributed by atoms with Gasteiger partial charge in [0, 0.05) is 12.2 Å². The van der Waals surface area contributed by atoms with Crippen molar-refractivity contribution in [2.75, 3.05) is 0 Å². The molecule has 2 rings (SSSR count). The summed E-state index contributed by atoms with van der Waals surface area (Å²) in [6.07, 6.45) is 2.52. The molecular formula is C15H22N4O. The summed E-state index contributed by atoms with van der Waals surface area (Å²) in [5, 5.41) is 9.05. The molecule has 0 bridgehead atoms. The number of carbonyl (C=O) groups excluding carboxylic acids is 1. The van der Waals surface area contributed by atoms with Crippen molar-refractivity contribution in [1.82, 2.24) is 19.6 Å². The fourth-order valence-electron chi connectivity index (χ4n) is 2.62. The van der Waals surface area contributed by atoms with Crippen LogP contribution in [0.5, 0.6) is 0 Å². The quantitative estimate of drug-likeness (QED) is 0.760. The van der Waals surface area contributed by atoms with Crippen LogP contribution in [0.15, 0.2) is 6.07 Å². The summed E-state index contributed by atoms with van der Waals surface area (Å²) in [7, 11) is 0. The van der Waals surface area contributed by atoms with E-state index in [1.54, 1.807) is 0 Å². The molecule has 0 aliphatic heterocycles. The van der Waals surface area contributed by atoms with Gasteiger partial charge in [0.2, 0.25) is 0 Å². The van der Waals surface area contributed by atoms with Gasteiger partial charge < -0.3 is 0 Å². The number of rotatable bonds is 6. The normalized spacial score (nSPS) is 11.0. The Labute approximate surface area is 119 Å². The van der Waals surface area contributed by atoms with Crippen molar-refractivity contribution < 1.29 is 4.79 Å². The maximum atomic E-state index is 11.3. The minimum atomic E-state index is 0.665. The summed E-state index contributed by atoms with van der Waals surface area (Å²) in [4.78, 5) is 11.3. The third kappa shape index (κ3) is 2.53. The van der Waals surface area contributed by atoms with Gasteiger partial charge in [-0.1, -0.05) is 13.8 Å². The molecule has 0 unspecified atom stereocenters. The fraction of sp³-hybridized carbons (Fsp3) is 0.533. The Kier molecular flexibility index (Phi) is 4.37. The molecule has 0 fully saturated rings. The molecule has 0 spiro atoms. The third-order valence-corrected chi connectivity index (χ3v) is 3.56. The van der Waals surface area contributed by atoms with Crippen molar-refractivity contribution in [1.29, 1.82) is 0 Å². The number of aldehydes is 1. The lowest BCUT2D eigenvalue weighted by Gasteiger charge is -2.08. The molecule has 2 aromatic rings. The number of carbonyl (C=O) groups is 1. The molecule has 0 aliphatic rings. The average molecular weight is 274 g/mol. The smallest absolute Gasteiger partial charge is 0.153 e. The minimum absolute atomic E-state index is 0.665. The first-order valence-corrected chi connectivity index (χ1v) is 7.21. The highest BCUT2D eigenvalue weighted by Crippen LogP contribution is 2.16. The maximum Gasteiger partial charge on any atom is 0.153 e. The molecule has 0 saturated carbocycles. The van der Waals surface area contributed by atoms with Gasteiger partial charge >= 0.3 is 0 Å². The van der Waals surface area contributed by atoms with Crippen molar-refractivity contribution in [3.8, 4) is 0 Å². The number of aromatic nitrogens is 4. The van der Waals surface area contributed by atoms with Gasteiger partial charge in [-0.25, -0.2) is 0 Å². The van der Waals surface area contributed by atoms with Crippen LogP contribution in [0.25, 0.3) is 0 Å². The SMILES string of the molecule is CCc1nn(Cc2cc(C)nn2CC)c(CC)c1C=O. The monoisotopic (exact) mass is 274 g/mol. The Morgan fingerprint density at radius 3 is 2.45 bits per heavy atom. The van der Waals surface area contributed by atoms with E-state index in [2.05, 4.69) is 30.1 Å². The predicted molar refractivity (Wildman–Crippen MR) is 78.1 cm³/mol. The van der Waals surface area contributed by atoms with Gasteiger partial charge in [-0.05, 0) is 32.8 Å². The molecule has 2 aromatic heterocycles. The molecular weight excluding hydrogens is 252 g/mol. The molecule has 5 nitrogen and oxygen atoms in total. The van der Waals surface area contributed by atoms with Gasteiger partial charge in [-0.3, -0.25) is 14.2 Å². The summed E-state index contributed by atoms with van der Waals surface area (Å²) in [5.74, 6) is 0. The zero-order chi connectivity index (χ0) is 14.7. The van der Waals surface area contributed by atoms with Crippen molar-refractivity contribution in [3.63, 3.8) is 0 Å². The second kappa shape index (κ2) is 6.03. The Morgan fingerprint density at radius 2 is 1.90 bits per heavy atom. The van der Waals surface area contributed by atoms with E-state index in [4.69, 9.17) is 0 Å². The standard InChI is InChI=1S/C15H22N4O/c1-5-14-13(10-20)15(6-2)19(17-14)9-12-8-11(4)16-18(12)7-3/h8,10H,5-7,9H2,1-4H3. The molecule has 108 valence electrons. The number of aryl methyl sites for hydroxylation is 3. The van der Waals surface area contributed by atoms with Gasteiger partial charge in [0.05, 0.1) is 29.2 Å². The van der Waals surface area contributed by atoms with E-state index in [0.717, 1.165) is 54.0 Å². The van der Waals surface area contributed by atoms with Crippen LogP contribution in [0, 0.1) is 6.92 Å². The second-order valence-electron chi connectivity index (χ2n) is 4.88. The molecule has 0 N–H and O–H groups in total. The van der Waals surface area contributed by atoms with E-state index in [1.807, 2.05) is 23.2 Å². The lowest BCUT2D eigenvalue weighted by Crippen LogP contribution is -2.11. The lowest BCUT2D eigenvalue weighted by molar-refractivity contribution is 0.112. The van der Waals surface area contributed by atoms with Crippen molar-refractivity contribution in [3.05, 3.63) is 34.4 Å². The van der Waals surface area contributed by atoms with Gasteiger partial charge in [-0.15, -0.1) is 0 Å². The van der Waals surface area contributed by atoms with Gasteiger partial charge in [0.15, 0.2) is 6.29 Å². The molecule has 0 aromatic carbocycles. The summed E-state index contributed by atoms with van der Waals surface area (Å²) in [6, 6.07) is 2.08. The highest BCUT2D eigenvalue weighted by atomic mass is 16.1. The van der Waals surface area contributed by atoms with E-state index < -0.39 is 0 Å². The third-order valence-electron chi connectivity index (χ3n) is 3.56. The van der Waals surface area contributed by atoms with E-state index >= 15 is 0 Å². The fourth-order valence-corrected chi connectivity index (χ4v) is 2.62. The molecule has 0 saturated heterocycles. The Hall–Kier alpha value is -1.91. The maximum absolute atomic E-state index is 11.3. The zero-order valence-corrected chi connectivity index (χ0v) is 12.7. The minimum Gasteiger partial charge on any atom is -0.298 e. The molecule has 0 aliphatic carbocycles. The van der Waals surface area contributed by atoms with Crippen LogP contribution in [0.4, 0.5) is 0 Å². The van der Waals surface area contributed by atoms with Crippen LogP contribution in [-0.2, 0) is 25.9 Å². The Balaban J connectivity index is 2.42. The lowest BCUT2D eigenvalue weighted by atomic mass is 10.1. The highest BCUT2D eigenvalue weighted by Gasteiger charge is 2.16. The van der Waals surface area contributed by atoms with Crippen molar-refractivity contribution in [2.45, 2.75) is 53.6 Å². The van der Waals surface area contributed by atoms with Crippen LogP contribution in [0.2, 0.25) is 0 Å². The Morgan fingerprint density at radius 1 is 1.15 bits per heavy atom. The molecule has 5 heteroatoms. The van der Waals surface area contributed by atoms with E-state index in [0.29, 0.717) is 6.54 Å². The van der Waals surface area contributed by atoms with Crippen molar-refractivity contribution in [2.24, 2.45) is 0 Å². The number of hydrogen-bond acceptors (Lipinski definition) is 3. The summed E-state index contributed by atoms with van der Waals surface area (Å²) in [6.45, 7) is 9.66. The predicted octanol–water partition coefficient (Wildman–Crippen LogP) is 2.39. The molecule has 0 atom stereocenters. The molecule has 0 radical (unpaired) electrons. The van der Waals surface area contributed by atoms with Crippen LogP contribution >= 0.6 is 0 Å². The molecule has 20 heavy (non-hydrogen) atoms. The number of hydrogen-bond donors (Lipinski definition) is 0. The topological polar surface area (TPSA) is 52.7 Å². The first-order valence-electron chi connectivity index (χ1n) is 7.21. The average Bonchev–Trinajstić information content (AvgIpc) is 2.98. The van der Waals surface area contributed by atoms with E-state index in [1.165, 1.54) is 0 Å². The van der Waals surface area contributed by atoms with E-state index in [-0.39, 0.29) is 0 Å². The van der Waals surface area contributed by atoms with Gasteiger partial charge in [0.25, 0.3) is 0 Å². The first-order chi connectivity index (χ1) is 9.64. The first kappa shape index (κ1) is 14.5. The molecule has 2 heterocycles.